The van der Waals surface area contributed by atoms with Gasteiger partial charge in [-0.3, -0.25) is 14.4 Å². The molecule has 0 radical (unpaired) electrons. The van der Waals surface area contributed by atoms with Crippen LogP contribution in [-0.2, 0) is 19.1 Å². The monoisotopic (exact) mass is 599 g/mol. The fraction of sp³-hybridized carbons (Fsp3) is 0.472. The van der Waals surface area contributed by atoms with Crippen LogP contribution < -0.4 is 9.80 Å². The van der Waals surface area contributed by atoms with Crippen molar-refractivity contribution in [2.75, 3.05) is 29.5 Å². The predicted octanol–water partition coefficient (Wildman–Crippen LogP) is 4.82. The van der Waals surface area contributed by atoms with Gasteiger partial charge in [0.25, 0.3) is 5.91 Å². The first kappa shape index (κ1) is 31.7. The number of para-hydroxylation sites is 2. The van der Waals surface area contributed by atoms with Gasteiger partial charge >= 0.3 is 0 Å². The van der Waals surface area contributed by atoms with Gasteiger partial charge in [-0.25, -0.2) is 0 Å². The summed E-state index contributed by atoms with van der Waals surface area (Å²) in [6.07, 6.45) is 4.42. The molecule has 1 N–H and O–H groups in total. The summed E-state index contributed by atoms with van der Waals surface area (Å²) in [5.74, 6) is -2.23. The first-order valence-electron chi connectivity index (χ1n) is 15.7. The zero-order valence-electron chi connectivity index (χ0n) is 26.3. The Morgan fingerprint density at radius 2 is 1.66 bits per heavy atom. The summed E-state index contributed by atoms with van der Waals surface area (Å²) in [7, 11) is 0. The van der Waals surface area contributed by atoms with Crippen molar-refractivity contribution in [3.05, 3.63) is 85.0 Å². The predicted molar refractivity (Wildman–Crippen MR) is 172 cm³/mol. The van der Waals surface area contributed by atoms with E-state index < -0.39 is 35.6 Å². The number of benzene rings is 2. The third-order valence-electron chi connectivity index (χ3n) is 9.54. The lowest BCUT2D eigenvalue weighted by molar-refractivity contribution is -0.144. The van der Waals surface area contributed by atoms with Crippen LogP contribution in [0.4, 0.5) is 11.4 Å². The summed E-state index contributed by atoms with van der Waals surface area (Å²) >= 11 is 0. The fourth-order valence-electron chi connectivity index (χ4n) is 7.90. The van der Waals surface area contributed by atoms with E-state index in [0.29, 0.717) is 24.9 Å². The van der Waals surface area contributed by atoms with Gasteiger partial charge < -0.3 is 24.5 Å². The molecule has 8 nitrogen and oxygen atoms in total. The van der Waals surface area contributed by atoms with Crippen LogP contribution in [0, 0.1) is 31.6 Å². The molecule has 44 heavy (non-hydrogen) atoms. The summed E-state index contributed by atoms with van der Waals surface area (Å²) in [5.41, 5.74) is 2.16. The van der Waals surface area contributed by atoms with Gasteiger partial charge in [-0.2, -0.15) is 0 Å². The van der Waals surface area contributed by atoms with Gasteiger partial charge in [-0.1, -0.05) is 62.4 Å². The SMILES string of the molecule is C=CCN(C(=O)[C@@H]1[C@@H]2CCC3(O2)C(C(=O)N(CC=C)c2c(C)cccc2C)N([C@@H](CO)CC(C)C)C(=O)[C@H]13)c1ccccc1. The molecule has 3 fully saturated rings. The molecular weight excluding hydrogens is 554 g/mol. The summed E-state index contributed by atoms with van der Waals surface area (Å²) in [6, 6.07) is 13.6. The quantitative estimate of drug-likeness (QED) is 0.353. The van der Waals surface area contributed by atoms with Crippen molar-refractivity contribution in [3.63, 3.8) is 0 Å². The number of carbonyl (C=O) groups excluding carboxylic acids is 3. The second-order valence-corrected chi connectivity index (χ2v) is 12.8. The van der Waals surface area contributed by atoms with Crippen molar-refractivity contribution >= 4 is 29.1 Å². The van der Waals surface area contributed by atoms with Gasteiger partial charge in [0, 0.05) is 24.5 Å². The van der Waals surface area contributed by atoms with E-state index in [1.165, 1.54) is 0 Å². The molecule has 3 saturated heterocycles. The van der Waals surface area contributed by atoms with Crippen molar-refractivity contribution in [2.24, 2.45) is 17.8 Å². The number of rotatable bonds is 12. The minimum atomic E-state index is -1.18. The third-order valence-corrected chi connectivity index (χ3v) is 9.54. The van der Waals surface area contributed by atoms with Gasteiger partial charge in [0.15, 0.2) is 0 Å². The van der Waals surface area contributed by atoms with Crippen molar-refractivity contribution in [1.82, 2.24) is 4.90 Å². The van der Waals surface area contributed by atoms with E-state index in [1.54, 1.807) is 26.9 Å². The smallest absolute Gasteiger partial charge is 0.253 e. The van der Waals surface area contributed by atoms with E-state index in [2.05, 4.69) is 13.2 Å². The number of hydrogen-bond donors (Lipinski definition) is 1. The van der Waals surface area contributed by atoms with Crippen LogP contribution in [0.1, 0.15) is 44.2 Å². The summed E-state index contributed by atoms with van der Waals surface area (Å²) < 4.78 is 6.75. The third kappa shape index (κ3) is 5.18. The van der Waals surface area contributed by atoms with Crippen LogP contribution in [0.5, 0.6) is 0 Å². The van der Waals surface area contributed by atoms with Gasteiger partial charge in [0.1, 0.15) is 11.6 Å². The molecule has 234 valence electrons. The second-order valence-electron chi connectivity index (χ2n) is 12.8. The molecule has 0 aromatic heterocycles. The highest BCUT2D eigenvalue weighted by Gasteiger charge is 2.75. The van der Waals surface area contributed by atoms with Crippen LogP contribution in [0.25, 0.3) is 0 Å². The highest BCUT2D eigenvalue weighted by Crippen LogP contribution is 2.59. The van der Waals surface area contributed by atoms with Crippen molar-refractivity contribution in [2.45, 2.75) is 70.7 Å². The van der Waals surface area contributed by atoms with Crippen LogP contribution in [0.3, 0.4) is 0 Å². The van der Waals surface area contributed by atoms with E-state index >= 15 is 0 Å². The number of ether oxygens (including phenoxy) is 1. The fourth-order valence-corrected chi connectivity index (χ4v) is 7.90. The lowest BCUT2D eigenvalue weighted by atomic mass is 9.70. The lowest BCUT2D eigenvalue weighted by Crippen LogP contribution is -2.59. The molecule has 1 spiro atoms. The van der Waals surface area contributed by atoms with E-state index in [-0.39, 0.29) is 43.3 Å². The molecule has 8 heteroatoms. The Labute approximate surface area is 261 Å². The van der Waals surface area contributed by atoms with Crippen molar-refractivity contribution in [1.29, 1.82) is 0 Å². The highest BCUT2D eigenvalue weighted by atomic mass is 16.5. The van der Waals surface area contributed by atoms with Crippen molar-refractivity contribution in [3.8, 4) is 0 Å². The zero-order chi connectivity index (χ0) is 31.8. The number of likely N-dealkylation sites (tertiary alicyclic amines) is 1. The molecule has 3 aliphatic rings. The van der Waals surface area contributed by atoms with Crippen molar-refractivity contribution < 1.29 is 24.2 Å². The molecule has 2 unspecified atom stereocenters. The molecule has 2 aromatic carbocycles. The van der Waals surface area contributed by atoms with Gasteiger partial charge in [0.2, 0.25) is 11.8 Å². The van der Waals surface area contributed by atoms with Crippen LogP contribution in [0.15, 0.2) is 73.8 Å². The average Bonchev–Trinajstić information content (AvgIpc) is 3.65. The minimum absolute atomic E-state index is 0.160. The lowest BCUT2D eigenvalue weighted by Gasteiger charge is -2.40. The maximum atomic E-state index is 15.0. The maximum absolute atomic E-state index is 15.0. The summed E-state index contributed by atoms with van der Waals surface area (Å²) in [6.45, 7) is 16.0. The topological polar surface area (TPSA) is 90.4 Å². The van der Waals surface area contributed by atoms with Crippen LogP contribution in [-0.4, -0.2) is 71.2 Å². The first-order valence-corrected chi connectivity index (χ1v) is 15.7. The number of hydrogen-bond acceptors (Lipinski definition) is 5. The Balaban J connectivity index is 1.63. The maximum Gasteiger partial charge on any atom is 0.253 e. The summed E-state index contributed by atoms with van der Waals surface area (Å²) in [5, 5.41) is 10.7. The molecule has 3 heterocycles. The Morgan fingerprint density at radius 1 is 1.02 bits per heavy atom. The zero-order valence-corrected chi connectivity index (χ0v) is 26.3. The van der Waals surface area contributed by atoms with Gasteiger partial charge in [-0.05, 0) is 62.3 Å². The molecule has 3 amide bonds. The first-order chi connectivity index (χ1) is 21.1. The number of nitrogens with zero attached hydrogens (tertiary/aromatic N) is 3. The van der Waals surface area contributed by atoms with Gasteiger partial charge in [-0.15, -0.1) is 13.2 Å². The Morgan fingerprint density at radius 3 is 2.25 bits per heavy atom. The largest absolute Gasteiger partial charge is 0.394 e. The highest BCUT2D eigenvalue weighted by molar-refractivity contribution is 6.07. The number of aliphatic hydroxyl groups is 1. The molecule has 2 aromatic rings. The second kappa shape index (κ2) is 12.7. The Hall–Kier alpha value is -3.75. The van der Waals surface area contributed by atoms with Gasteiger partial charge in [0.05, 0.1) is 30.6 Å². The molecule has 2 bridgehead atoms. The summed E-state index contributed by atoms with van der Waals surface area (Å²) in [4.78, 5) is 49.0. The normalized spacial score (nSPS) is 26.0. The standard InChI is InChI=1S/C36H45N3O5/c1-7-19-37(26-15-10-9-11-16-26)33(41)29-28-17-18-36(44-28)30(29)34(42)39(27(22-40)21-23(3)4)32(36)35(43)38(20-8-2)31-24(5)13-12-14-25(31)6/h7-16,23,27-30,32,40H,1-2,17-22H2,3-6H3/t27-,28+,29-,30+,32?,36?/m1/s1. The number of anilines is 2. The number of amides is 3. The molecular formula is C36H45N3O5. The van der Waals surface area contributed by atoms with E-state index in [1.807, 2.05) is 76.2 Å². The molecule has 6 atom stereocenters. The Bertz CT molecular complexity index is 1400. The number of fused-ring (bicyclic) bond motifs is 1. The van der Waals surface area contributed by atoms with E-state index in [0.717, 1.165) is 16.8 Å². The minimum Gasteiger partial charge on any atom is -0.394 e. The Kier molecular flexibility index (Phi) is 9.14. The average molecular weight is 600 g/mol. The molecule has 5 rings (SSSR count). The van der Waals surface area contributed by atoms with E-state index in [4.69, 9.17) is 4.74 Å². The molecule has 3 aliphatic heterocycles. The van der Waals surface area contributed by atoms with Crippen LogP contribution in [0.2, 0.25) is 0 Å². The van der Waals surface area contributed by atoms with Crippen LogP contribution >= 0.6 is 0 Å². The molecule has 0 saturated carbocycles. The number of aryl methyl sites for hydroxylation is 2. The number of carbonyl (C=O) groups is 3. The number of aliphatic hydroxyl groups excluding tert-OH is 1. The molecule has 0 aliphatic carbocycles. The van der Waals surface area contributed by atoms with E-state index in [9.17, 15) is 19.5 Å².